The number of pyridine rings is 1. The first-order chi connectivity index (χ1) is 8.29. The highest BCUT2D eigenvalue weighted by molar-refractivity contribution is 5.93. The minimum absolute atomic E-state index is 0.136. The first kappa shape index (κ1) is 11.9. The van der Waals surface area contributed by atoms with Crippen LogP contribution in [0, 0.1) is 0 Å². The summed E-state index contributed by atoms with van der Waals surface area (Å²) in [6.07, 6.45) is 1.37. The Balaban J connectivity index is 1.97. The van der Waals surface area contributed by atoms with Gasteiger partial charge in [0.15, 0.2) is 0 Å². The van der Waals surface area contributed by atoms with Gasteiger partial charge in [-0.15, -0.1) is 0 Å². The van der Waals surface area contributed by atoms with Crippen molar-refractivity contribution in [2.45, 2.75) is 25.9 Å². The minimum Gasteiger partial charge on any atom is -0.478 e. The molecule has 1 atom stereocenters. The van der Waals surface area contributed by atoms with Crippen molar-refractivity contribution in [2.24, 2.45) is 0 Å². The SMILES string of the molecule is CCOc1cccc(NC(=O)[C@@H]2CCCO2)n1. The average molecular weight is 236 g/mol. The van der Waals surface area contributed by atoms with Crippen molar-refractivity contribution in [1.82, 2.24) is 4.98 Å². The van der Waals surface area contributed by atoms with Crippen LogP contribution in [-0.2, 0) is 9.53 Å². The second-order valence-electron chi connectivity index (χ2n) is 3.78. The second-order valence-corrected chi connectivity index (χ2v) is 3.78. The van der Waals surface area contributed by atoms with Crippen LogP contribution in [0.1, 0.15) is 19.8 Å². The average Bonchev–Trinajstić information content (AvgIpc) is 2.83. The lowest BCUT2D eigenvalue weighted by molar-refractivity contribution is -0.124. The molecule has 1 amide bonds. The lowest BCUT2D eigenvalue weighted by atomic mass is 10.2. The van der Waals surface area contributed by atoms with Crippen molar-refractivity contribution in [3.05, 3.63) is 18.2 Å². The number of anilines is 1. The van der Waals surface area contributed by atoms with Crippen LogP contribution in [-0.4, -0.2) is 30.2 Å². The quantitative estimate of drug-likeness (QED) is 0.862. The van der Waals surface area contributed by atoms with E-state index in [4.69, 9.17) is 9.47 Å². The molecule has 0 bridgehead atoms. The second kappa shape index (κ2) is 5.63. The molecule has 92 valence electrons. The molecule has 5 nitrogen and oxygen atoms in total. The zero-order chi connectivity index (χ0) is 12.1. The largest absolute Gasteiger partial charge is 0.478 e. The van der Waals surface area contributed by atoms with Crippen LogP contribution in [0.2, 0.25) is 0 Å². The topological polar surface area (TPSA) is 60.5 Å². The number of carbonyl (C=O) groups excluding carboxylic acids is 1. The maximum atomic E-state index is 11.8. The minimum atomic E-state index is -0.340. The normalized spacial score (nSPS) is 19.0. The van der Waals surface area contributed by atoms with Gasteiger partial charge in [0.05, 0.1) is 6.61 Å². The van der Waals surface area contributed by atoms with Gasteiger partial charge >= 0.3 is 0 Å². The van der Waals surface area contributed by atoms with Crippen LogP contribution in [0.5, 0.6) is 5.88 Å². The molecule has 0 saturated carbocycles. The molecule has 17 heavy (non-hydrogen) atoms. The van der Waals surface area contributed by atoms with Crippen LogP contribution in [0.4, 0.5) is 5.82 Å². The standard InChI is InChI=1S/C12H16N2O3/c1-2-16-11-7-3-6-10(13-11)14-12(15)9-5-4-8-17-9/h3,6-7,9H,2,4-5,8H2,1H3,(H,13,14,15)/t9-/m0/s1. The van der Waals surface area contributed by atoms with Crippen LogP contribution < -0.4 is 10.1 Å². The number of ether oxygens (including phenoxy) is 2. The fourth-order valence-corrected chi connectivity index (χ4v) is 1.70. The Morgan fingerprint density at radius 1 is 1.65 bits per heavy atom. The Morgan fingerprint density at radius 3 is 3.24 bits per heavy atom. The molecule has 5 heteroatoms. The molecule has 1 aliphatic rings. The van der Waals surface area contributed by atoms with Gasteiger partial charge < -0.3 is 14.8 Å². The Kier molecular flexibility index (Phi) is 3.93. The number of nitrogens with zero attached hydrogens (tertiary/aromatic N) is 1. The molecule has 0 aliphatic carbocycles. The molecule has 2 heterocycles. The van der Waals surface area contributed by atoms with Crippen molar-refractivity contribution in [2.75, 3.05) is 18.5 Å². The van der Waals surface area contributed by atoms with E-state index < -0.39 is 0 Å². The lowest BCUT2D eigenvalue weighted by Crippen LogP contribution is -2.27. The molecule has 0 spiro atoms. The smallest absolute Gasteiger partial charge is 0.254 e. The highest BCUT2D eigenvalue weighted by Crippen LogP contribution is 2.16. The lowest BCUT2D eigenvalue weighted by Gasteiger charge is -2.10. The summed E-state index contributed by atoms with van der Waals surface area (Å²) in [5, 5.41) is 2.73. The van der Waals surface area contributed by atoms with Crippen LogP contribution >= 0.6 is 0 Å². The van der Waals surface area contributed by atoms with E-state index in [1.54, 1.807) is 18.2 Å². The van der Waals surface area contributed by atoms with Gasteiger partial charge in [0.25, 0.3) is 5.91 Å². The Morgan fingerprint density at radius 2 is 2.53 bits per heavy atom. The van der Waals surface area contributed by atoms with Gasteiger partial charge in [0.1, 0.15) is 11.9 Å². The fourth-order valence-electron chi connectivity index (χ4n) is 1.70. The summed E-state index contributed by atoms with van der Waals surface area (Å²) in [5.41, 5.74) is 0. The first-order valence-corrected chi connectivity index (χ1v) is 5.82. The van der Waals surface area contributed by atoms with Crippen molar-refractivity contribution in [3.63, 3.8) is 0 Å². The van der Waals surface area contributed by atoms with Gasteiger partial charge in [0, 0.05) is 12.7 Å². The molecule has 0 unspecified atom stereocenters. The highest BCUT2D eigenvalue weighted by Gasteiger charge is 2.23. The Labute approximate surface area is 100 Å². The fraction of sp³-hybridized carbons (Fsp3) is 0.500. The summed E-state index contributed by atoms with van der Waals surface area (Å²) in [4.78, 5) is 15.9. The van der Waals surface area contributed by atoms with Gasteiger partial charge in [-0.05, 0) is 25.8 Å². The van der Waals surface area contributed by atoms with Crippen LogP contribution in [0.15, 0.2) is 18.2 Å². The molecule has 1 N–H and O–H groups in total. The Hall–Kier alpha value is -1.62. The van der Waals surface area contributed by atoms with E-state index in [2.05, 4.69) is 10.3 Å². The maximum Gasteiger partial charge on any atom is 0.254 e. The van der Waals surface area contributed by atoms with Gasteiger partial charge in [-0.25, -0.2) is 0 Å². The molecule has 2 rings (SSSR count). The van der Waals surface area contributed by atoms with E-state index in [1.807, 2.05) is 6.92 Å². The third-order valence-electron chi connectivity index (χ3n) is 2.49. The zero-order valence-electron chi connectivity index (χ0n) is 9.81. The number of hydrogen-bond donors (Lipinski definition) is 1. The van der Waals surface area contributed by atoms with Gasteiger partial charge in [-0.3, -0.25) is 4.79 Å². The number of aromatic nitrogens is 1. The van der Waals surface area contributed by atoms with Crippen molar-refractivity contribution in [1.29, 1.82) is 0 Å². The van der Waals surface area contributed by atoms with Crippen molar-refractivity contribution >= 4 is 11.7 Å². The third-order valence-corrected chi connectivity index (χ3v) is 2.49. The maximum absolute atomic E-state index is 11.8. The van der Waals surface area contributed by atoms with E-state index in [0.717, 1.165) is 12.8 Å². The van der Waals surface area contributed by atoms with E-state index in [1.165, 1.54) is 0 Å². The molecule has 1 aromatic heterocycles. The summed E-state index contributed by atoms with van der Waals surface area (Å²) >= 11 is 0. The van der Waals surface area contributed by atoms with Gasteiger partial charge in [0.2, 0.25) is 5.88 Å². The number of hydrogen-bond acceptors (Lipinski definition) is 4. The summed E-state index contributed by atoms with van der Waals surface area (Å²) in [5.74, 6) is 0.873. The number of amides is 1. The molecule has 0 aromatic carbocycles. The van der Waals surface area contributed by atoms with Crippen molar-refractivity contribution in [3.8, 4) is 5.88 Å². The third kappa shape index (κ3) is 3.17. The zero-order valence-corrected chi connectivity index (χ0v) is 9.81. The highest BCUT2D eigenvalue weighted by atomic mass is 16.5. The van der Waals surface area contributed by atoms with Crippen LogP contribution in [0.3, 0.4) is 0 Å². The van der Waals surface area contributed by atoms with E-state index in [0.29, 0.717) is 24.9 Å². The molecule has 1 fully saturated rings. The molecule has 1 aromatic rings. The van der Waals surface area contributed by atoms with Gasteiger partial charge in [-0.1, -0.05) is 6.07 Å². The number of nitrogens with one attached hydrogen (secondary N) is 1. The summed E-state index contributed by atoms with van der Waals surface area (Å²) in [7, 11) is 0. The molecule has 1 saturated heterocycles. The van der Waals surface area contributed by atoms with Crippen molar-refractivity contribution < 1.29 is 14.3 Å². The van der Waals surface area contributed by atoms with E-state index in [-0.39, 0.29) is 12.0 Å². The number of carbonyl (C=O) groups is 1. The summed E-state index contributed by atoms with van der Waals surface area (Å²) in [6, 6.07) is 5.28. The van der Waals surface area contributed by atoms with Gasteiger partial charge in [-0.2, -0.15) is 4.98 Å². The summed E-state index contributed by atoms with van der Waals surface area (Å²) in [6.45, 7) is 3.10. The van der Waals surface area contributed by atoms with E-state index in [9.17, 15) is 4.79 Å². The molecular formula is C12H16N2O3. The monoisotopic (exact) mass is 236 g/mol. The molecular weight excluding hydrogens is 220 g/mol. The van der Waals surface area contributed by atoms with Crippen LogP contribution in [0.25, 0.3) is 0 Å². The first-order valence-electron chi connectivity index (χ1n) is 5.82. The summed E-state index contributed by atoms with van der Waals surface area (Å²) < 4.78 is 10.6. The van der Waals surface area contributed by atoms with E-state index >= 15 is 0 Å². The molecule has 0 radical (unpaired) electrons. The predicted octanol–water partition coefficient (Wildman–Crippen LogP) is 1.60. The Bertz CT molecular complexity index is 389. The number of rotatable bonds is 4. The predicted molar refractivity (Wildman–Crippen MR) is 63.0 cm³/mol. The molecule has 1 aliphatic heterocycles.